The number of hydrogen-bond acceptors (Lipinski definition) is 7. The summed E-state index contributed by atoms with van der Waals surface area (Å²) in [6, 6.07) is 10.7. The van der Waals surface area contributed by atoms with E-state index in [1.165, 1.54) is 13.2 Å². The van der Waals surface area contributed by atoms with Crippen LogP contribution >= 0.6 is 11.8 Å². The number of carbonyl (C=O) groups excluding carboxylic acids is 1. The Morgan fingerprint density at radius 1 is 1.31 bits per heavy atom. The molecule has 2 aromatic rings. The predicted molar refractivity (Wildman–Crippen MR) is 99.8 cm³/mol. The molecule has 0 saturated carbocycles. The molecule has 1 atom stereocenters. The van der Waals surface area contributed by atoms with Gasteiger partial charge in [-0.15, -0.1) is 0 Å². The van der Waals surface area contributed by atoms with E-state index in [-0.39, 0.29) is 22.9 Å². The summed E-state index contributed by atoms with van der Waals surface area (Å²) in [5.41, 5.74) is 7.59. The minimum atomic E-state index is -0.549. The number of nitrogens with one attached hydrogen (secondary N) is 1. The molecule has 1 aromatic carbocycles. The van der Waals surface area contributed by atoms with Crippen molar-refractivity contribution in [1.82, 2.24) is 4.98 Å². The Kier molecular flexibility index (Phi) is 6.05. The van der Waals surface area contributed by atoms with Crippen molar-refractivity contribution in [3.05, 3.63) is 41.0 Å². The van der Waals surface area contributed by atoms with Crippen LogP contribution in [0.2, 0.25) is 0 Å². The monoisotopic (exact) mass is 367 g/mol. The fraction of sp³-hybridized carbons (Fsp3) is 0.222. The zero-order chi connectivity index (χ0) is 19.3. The van der Waals surface area contributed by atoms with Gasteiger partial charge in [-0.05, 0) is 37.6 Å². The number of aromatic nitrogens is 1. The standard InChI is InChI=1S/C18H17N5O2S/c1-10-4-5-15(25-3)14(6-10)22-17(24)11(2)26-18-13(9-20)7-12(8-19)16(21)23-18/h4-7,11H,1-3H3,(H2,21,23)(H,22,24)/t11-/m0/s1. The van der Waals surface area contributed by atoms with Crippen molar-refractivity contribution >= 4 is 29.2 Å². The van der Waals surface area contributed by atoms with Crippen molar-refractivity contribution in [1.29, 1.82) is 10.5 Å². The number of aryl methyl sites for hydroxylation is 1. The SMILES string of the molecule is COc1ccc(C)cc1NC(=O)[C@H](C)Sc1nc(N)c(C#N)cc1C#N. The van der Waals surface area contributed by atoms with Gasteiger partial charge in [0.1, 0.15) is 28.7 Å². The van der Waals surface area contributed by atoms with Crippen LogP contribution in [0.15, 0.2) is 29.3 Å². The van der Waals surface area contributed by atoms with E-state index in [0.717, 1.165) is 17.3 Å². The molecule has 3 N–H and O–H groups in total. The van der Waals surface area contributed by atoms with Gasteiger partial charge < -0.3 is 15.8 Å². The topological polar surface area (TPSA) is 125 Å². The number of pyridine rings is 1. The van der Waals surface area contributed by atoms with E-state index in [0.29, 0.717) is 16.5 Å². The maximum Gasteiger partial charge on any atom is 0.237 e. The Bertz CT molecular complexity index is 930. The van der Waals surface area contributed by atoms with Crippen LogP contribution < -0.4 is 15.8 Å². The van der Waals surface area contributed by atoms with Crippen molar-refractivity contribution in [2.45, 2.75) is 24.1 Å². The van der Waals surface area contributed by atoms with E-state index < -0.39 is 5.25 Å². The third kappa shape index (κ3) is 4.24. The molecule has 0 aliphatic heterocycles. The molecule has 0 spiro atoms. The van der Waals surface area contributed by atoms with E-state index in [4.69, 9.17) is 15.7 Å². The molecular weight excluding hydrogens is 350 g/mol. The van der Waals surface area contributed by atoms with Crippen molar-refractivity contribution in [2.75, 3.05) is 18.2 Å². The van der Waals surface area contributed by atoms with Gasteiger partial charge in [-0.25, -0.2) is 4.98 Å². The first-order valence-electron chi connectivity index (χ1n) is 7.62. The number of nitrogens with two attached hydrogens (primary N) is 1. The summed E-state index contributed by atoms with van der Waals surface area (Å²) < 4.78 is 5.25. The number of nitriles is 2. The van der Waals surface area contributed by atoms with Crippen molar-refractivity contribution in [3.63, 3.8) is 0 Å². The maximum atomic E-state index is 12.5. The molecular formula is C18H17N5O2S. The van der Waals surface area contributed by atoms with Gasteiger partial charge in [0.05, 0.1) is 29.2 Å². The van der Waals surface area contributed by atoms with E-state index in [2.05, 4.69) is 10.3 Å². The van der Waals surface area contributed by atoms with Crippen LogP contribution in [0.4, 0.5) is 11.5 Å². The van der Waals surface area contributed by atoms with E-state index in [1.54, 1.807) is 13.0 Å². The van der Waals surface area contributed by atoms with Crippen molar-refractivity contribution < 1.29 is 9.53 Å². The molecule has 7 nitrogen and oxygen atoms in total. The fourth-order valence-corrected chi connectivity index (χ4v) is 3.03. The maximum absolute atomic E-state index is 12.5. The highest BCUT2D eigenvalue weighted by molar-refractivity contribution is 8.00. The number of thioether (sulfide) groups is 1. The summed E-state index contributed by atoms with van der Waals surface area (Å²) in [5, 5.41) is 20.8. The van der Waals surface area contributed by atoms with Gasteiger partial charge in [0.25, 0.3) is 0 Å². The number of methoxy groups -OCH3 is 1. The number of hydrogen-bond donors (Lipinski definition) is 2. The molecule has 0 bridgehead atoms. The van der Waals surface area contributed by atoms with Gasteiger partial charge >= 0.3 is 0 Å². The number of carbonyl (C=O) groups is 1. The van der Waals surface area contributed by atoms with Gasteiger partial charge in [-0.2, -0.15) is 10.5 Å². The molecule has 0 radical (unpaired) electrons. The van der Waals surface area contributed by atoms with E-state index in [9.17, 15) is 10.1 Å². The van der Waals surface area contributed by atoms with Gasteiger partial charge in [-0.3, -0.25) is 4.79 Å². The lowest BCUT2D eigenvalue weighted by Crippen LogP contribution is -2.23. The summed E-state index contributed by atoms with van der Waals surface area (Å²) in [6.07, 6.45) is 0. The number of rotatable bonds is 5. The molecule has 0 aliphatic rings. The second-order valence-electron chi connectivity index (χ2n) is 5.45. The quantitative estimate of drug-likeness (QED) is 0.778. The Labute approximate surface area is 155 Å². The van der Waals surface area contributed by atoms with Crippen molar-refractivity contribution in [2.24, 2.45) is 0 Å². The Morgan fingerprint density at radius 3 is 2.62 bits per heavy atom. The van der Waals surface area contributed by atoms with Crippen molar-refractivity contribution in [3.8, 4) is 17.9 Å². The van der Waals surface area contributed by atoms with Gasteiger partial charge in [0, 0.05) is 0 Å². The zero-order valence-corrected chi connectivity index (χ0v) is 15.3. The van der Waals surface area contributed by atoms with Crippen LogP contribution in [0.1, 0.15) is 23.6 Å². The summed E-state index contributed by atoms with van der Waals surface area (Å²) >= 11 is 1.10. The highest BCUT2D eigenvalue weighted by atomic mass is 32.2. The molecule has 1 amide bonds. The highest BCUT2D eigenvalue weighted by Crippen LogP contribution is 2.30. The normalized spacial score (nSPS) is 11.1. The average Bonchev–Trinajstić information content (AvgIpc) is 2.62. The van der Waals surface area contributed by atoms with Crippen LogP contribution in [0, 0.1) is 29.6 Å². The number of nitrogen functional groups attached to an aromatic ring is 1. The van der Waals surface area contributed by atoms with Crippen LogP contribution in [0.25, 0.3) is 0 Å². The molecule has 2 rings (SSSR count). The first-order chi connectivity index (χ1) is 12.4. The molecule has 1 heterocycles. The minimum absolute atomic E-state index is 0.0296. The summed E-state index contributed by atoms with van der Waals surface area (Å²) in [4.78, 5) is 16.6. The van der Waals surface area contributed by atoms with Crippen LogP contribution in [-0.2, 0) is 4.79 Å². The van der Waals surface area contributed by atoms with Crippen LogP contribution in [-0.4, -0.2) is 23.3 Å². The van der Waals surface area contributed by atoms with Crippen LogP contribution in [0.5, 0.6) is 5.75 Å². The lowest BCUT2D eigenvalue weighted by molar-refractivity contribution is -0.115. The third-order valence-electron chi connectivity index (χ3n) is 3.53. The molecule has 26 heavy (non-hydrogen) atoms. The lowest BCUT2D eigenvalue weighted by Gasteiger charge is -2.15. The molecule has 132 valence electrons. The van der Waals surface area contributed by atoms with E-state index >= 15 is 0 Å². The Morgan fingerprint density at radius 2 is 2.00 bits per heavy atom. The van der Waals surface area contributed by atoms with E-state index in [1.807, 2.05) is 31.2 Å². The fourth-order valence-electron chi connectivity index (χ4n) is 2.14. The second-order valence-corrected chi connectivity index (χ2v) is 6.78. The Balaban J connectivity index is 2.21. The number of benzene rings is 1. The minimum Gasteiger partial charge on any atom is -0.495 e. The van der Waals surface area contributed by atoms with Crippen LogP contribution in [0.3, 0.4) is 0 Å². The Hall–Kier alpha value is -3.23. The summed E-state index contributed by atoms with van der Waals surface area (Å²) in [7, 11) is 1.53. The number of amides is 1. The summed E-state index contributed by atoms with van der Waals surface area (Å²) in [6.45, 7) is 3.61. The lowest BCUT2D eigenvalue weighted by atomic mass is 10.2. The summed E-state index contributed by atoms with van der Waals surface area (Å²) in [5.74, 6) is 0.314. The largest absolute Gasteiger partial charge is 0.495 e. The second kappa shape index (κ2) is 8.24. The molecule has 0 fully saturated rings. The molecule has 8 heteroatoms. The third-order valence-corrected chi connectivity index (χ3v) is 4.63. The predicted octanol–water partition coefficient (Wildman–Crippen LogP) is 2.84. The molecule has 0 aliphatic carbocycles. The van der Waals surface area contributed by atoms with Gasteiger partial charge in [0.2, 0.25) is 5.91 Å². The number of anilines is 2. The molecule has 1 aromatic heterocycles. The number of nitrogens with zero attached hydrogens (tertiary/aromatic N) is 3. The van der Waals surface area contributed by atoms with Gasteiger partial charge in [-0.1, -0.05) is 17.8 Å². The molecule has 0 saturated heterocycles. The molecule has 0 unspecified atom stereocenters. The zero-order valence-electron chi connectivity index (χ0n) is 14.5. The first kappa shape index (κ1) is 19.1. The number of ether oxygens (including phenoxy) is 1. The average molecular weight is 367 g/mol. The first-order valence-corrected chi connectivity index (χ1v) is 8.50. The smallest absolute Gasteiger partial charge is 0.237 e. The highest BCUT2D eigenvalue weighted by Gasteiger charge is 2.20. The van der Waals surface area contributed by atoms with Gasteiger partial charge in [0.15, 0.2) is 0 Å².